The monoisotopic (exact) mass is 291 g/mol. The third-order valence-electron chi connectivity index (χ3n) is 4.39. The molecular weight excluding hydrogens is 270 g/mol. The predicted molar refractivity (Wildman–Crippen MR) is 75.3 cm³/mol. The van der Waals surface area contributed by atoms with Gasteiger partial charge >= 0.3 is 0 Å². The first-order valence-corrected chi connectivity index (χ1v) is 7.67. The molecule has 114 valence electrons. The number of hydrogen-bond donors (Lipinski definition) is 1. The average Bonchev–Trinajstić information content (AvgIpc) is 2.93. The Labute approximate surface area is 123 Å². The molecule has 1 N–H and O–H groups in total. The molecule has 2 heterocycles. The molecule has 2 aliphatic rings. The average molecular weight is 291 g/mol. The quantitative estimate of drug-likeness (QED) is 0.913. The van der Waals surface area contributed by atoms with E-state index in [4.69, 9.17) is 4.42 Å². The summed E-state index contributed by atoms with van der Waals surface area (Å²) < 4.78 is 5.56. The molecule has 1 saturated heterocycles. The van der Waals surface area contributed by atoms with Gasteiger partial charge in [-0.15, -0.1) is 0 Å². The first-order chi connectivity index (χ1) is 10.1. The summed E-state index contributed by atoms with van der Waals surface area (Å²) in [5.41, 5.74) is -0.687. The van der Waals surface area contributed by atoms with Gasteiger partial charge in [0.25, 0.3) is 0 Å². The molecule has 1 aliphatic carbocycles. The number of nitrogens with one attached hydrogen (secondary N) is 1. The van der Waals surface area contributed by atoms with Gasteiger partial charge < -0.3 is 14.6 Å². The second-order valence-electron chi connectivity index (χ2n) is 5.93. The summed E-state index contributed by atoms with van der Waals surface area (Å²) >= 11 is 0. The molecule has 2 fully saturated rings. The maximum absolute atomic E-state index is 12.8. The third kappa shape index (κ3) is 2.66. The minimum absolute atomic E-state index is 0.0121. The van der Waals surface area contributed by atoms with Crippen LogP contribution in [0.15, 0.2) is 10.6 Å². The lowest BCUT2D eigenvalue weighted by Crippen LogP contribution is -2.66. The number of carbonyl (C=O) groups excluding carboxylic acids is 2. The number of nitrogens with zero attached hydrogens (tertiary/aromatic N) is 2. The second kappa shape index (κ2) is 5.50. The molecule has 0 atom stereocenters. The van der Waals surface area contributed by atoms with Crippen LogP contribution < -0.4 is 5.32 Å². The fourth-order valence-corrected chi connectivity index (χ4v) is 3.28. The van der Waals surface area contributed by atoms with Gasteiger partial charge in [-0.1, -0.05) is 26.2 Å². The molecule has 0 radical (unpaired) electrons. The number of oxazole rings is 1. The Balaban J connectivity index is 1.77. The van der Waals surface area contributed by atoms with E-state index in [9.17, 15) is 9.59 Å². The van der Waals surface area contributed by atoms with Crippen molar-refractivity contribution in [3.05, 3.63) is 17.8 Å². The maximum atomic E-state index is 12.8. The van der Waals surface area contributed by atoms with Gasteiger partial charge in [-0.3, -0.25) is 9.59 Å². The van der Waals surface area contributed by atoms with Gasteiger partial charge in [0, 0.05) is 6.42 Å². The number of carbonyl (C=O) groups is 2. The largest absolute Gasteiger partial charge is 0.444 e. The number of amides is 2. The van der Waals surface area contributed by atoms with Crippen molar-refractivity contribution in [2.24, 2.45) is 0 Å². The number of hydrogen-bond acceptors (Lipinski definition) is 4. The third-order valence-corrected chi connectivity index (χ3v) is 4.39. The Kier molecular flexibility index (Phi) is 3.69. The smallest absolute Gasteiger partial charge is 0.249 e. The zero-order valence-electron chi connectivity index (χ0n) is 12.4. The van der Waals surface area contributed by atoms with Crippen molar-refractivity contribution in [2.75, 3.05) is 6.54 Å². The summed E-state index contributed by atoms with van der Waals surface area (Å²) in [7, 11) is 0. The van der Waals surface area contributed by atoms with Crippen LogP contribution >= 0.6 is 0 Å². The lowest BCUT2D eigenvalue weighted by Gasteiger charge is -2.43. The van der Waals surface area contributed by atoms with Crippen LogP contribution in [0.1, 0.15) is 50.7 Å². The van der Waals surface area contributed by atoms with E-state index >= 15 is 0 Å². The van der Waals surface area contributed by atoms with Gasteiger partial charge in [0.1, 0.15) is 17.8 Å². The summed E-state index contributed by atoms with van der Waals surface area (Å²) in [4.78, 5) is 30.5. The van der Waals surface area contributed by atoms with E-state index in [1.165, 1.54) is 0 Å². The highest BCUT2D eigenvalue weighted by Gasteiger charge is 2.47. The van der Waals surface area contributed by atoms with Crippen LogP contribution in [0.25, 0.3) is 0 Å². The number of aromatic nitrogens is 1. The van der Waals surface area contributed by atoms with Crippen molar-refractivity contribution in [1.29, 1.82) is 0 Å². The fourth-order valence-electron chi connectivity index (χ4n) is 3.28. The van der Waals surface area contributed by atoms with Gasteiger partial charge in [-0.05, 0) is 12.8 Å². The zero-order valence-corrected chi connectivity index (χ0v) is 12.4. The van der Waals surface area contributed by atoms with Gasteiger partial charge in [-0.2, -0.15) is 0 Å². The molecule has 0 aromatic carbocycles. The maximum Gasteiger partial charge on any atom is 0.249 e. The van der Waals surface area contributed by atoms with Crippen molar-refractivity contribution in [3.63, 3.8) is 0 Å². The first-order valence-electron chi connectivity index (χ1n) is 7.67. The summed E-state index contributed by atoms with van der Waals surface area (Å²) in [6, 6.07) is 0. The molecule has 6 heteroatoms. The van der Waals surface area contributed by atoms with Crippen LogP contribution in [-0.2, 0) is 22.6 Å². The highest BCUT2D eigenvalue weighted by molar-refractivity contribution is 5.98. The molecule has 1 aromatic heterocycles. The Bertz CT molecular complexity index is 546. The van der Waals surface area contributed by atoms with Crippen LogP contribution in [0.5, 0.6) is 0 Å². The lowest BCUT2D eigenvalue weighted by atomic mass is 9.79. The standard InChI is InChI=1S/C15H21N3O3/c1-2-11-8-16-13(21-11)10-18-9-12(19)17-15(14(18)20)6-4-3-5-7-15/h8H,2-7,9-10H2,1H3,(H,17,19). The van der Waals surface area contributed by atoms with Crippen LogP contribution in [0, 0.1) is 0 Å². The summed E-state index contributed by atoms with van der Waals surface area (Å²) in [5, 5.41) is 2.93. The first kappa shape index (κ1) is 14.1. The SMILES string of the molecule is CCc1cnc(CN2CC(=O)NC3(CCCCC3)C2=O)o1. The number of piperazine rings is 1. The zero-order chi connectivity index (χ0) is 14.9. The molecule has 21 heavy (non-hydrogen) atoms. The second-order valence-corrected chi connectivity index (χ2v) is 5.93. The van der Waals surface area contributed by atoms with E-state index in [1.54, 1.807) is 11.1 Å². The van der Waals surface area contributed by atoms with E-state index in [0.717, 1.165) is 44.3 Å². The molecule has 0 bridgehead atoms. The molecule has 1 aliphatic heterocycles. The normalized spacial score (nSPS) is 21.7. The highest BCUT2D eigenvalue weighted by atomic mass is 16.4. The van der Waals surface area contributed by atoms with Gasteiger partial charge in [0.05, 0.1) is 12.7 Å². The molecule has 1 saturated carbocycles. The molecule has 1 spiro atoms. The Morgan fingerprint density at radius 2 is 2.10 bits per heavy atom. The molecule has 0 unspecified atom stereocenters. The molecule has 1 aromatic rings. The summed E-state index contributed by atoms with van der Waals surface area (Å²) in [6.07, 6.45) is 7.02. The molecule has 3 rings (SSSR count). The van der Waals surface area contributed by atoms with E-state index < -0.39 is 5.54 Å². The Hall–Kier alpha value is -1.85. The number of rotatable bonds is 3. The highest BCUT2D eigenvalue weighted by Crippen LogP contribution is 2.32. The van der Waals surface area contributed by atoms with E-state index in [-0.39, 0.29) is 24.9 Å². The van der Waals surface area contributed by atoms with Crippen molar-refractivity contribution < 1.29 is 14.0 Å². The van der Waals surface area contributed by atoms with Gasteiger partial charge in [0.2, 0.25) is 17.7 Å². The minimum atomic E-state index is -0.687. The minimum Gasteiger partial charge on any atom is -0.444 e. The van der Waals surface area contributed by atoms with Crippen molar-refractivity contribution in [2.45, 2.75) is 57.5 Å². The fraction of sp³-hybridized carbons (Fsp3) is 0.667. The molecule has 6 nitrogen and oxygen atoms in total. The molecule has 2 amide bonds. The van der Waals surface area contributed by atoms with Gasteiger partial charge in [-0.25, -0.2) is 4.98 Å². The predicted octanol–water partition coefficient (Wildman–Crippen LogP) is 1.40. The Morgan fingerprint density at radius 1 is 1.33 bits per heavy atom. The topological polar surface area (TPSA) is 75.4 Å². The molecular formula is C15H21N3O3. The van der Waals surface area contributed by atoms with Crippen LogP contribution in [0.4, 0.5) is 0 Å². The van der Waals surface area contributed by atoms with Gasteiger partial charge in [0.15, 0.2) is 0 Å². The summed E-state index contributed by atoms with van der Waals surface area (Å²) in [5.74, 6) is 1.23. The van der Waals surface area contributed by atoms with E-state index in [0.29, 0.717) is 5.89 Å². The lowest BCUT2D eigenvalue weighted by molar-refractivity contribution is -0.152. The Morgan fingerprint density at radius 3 is 2.76 bits per heavy atom. The van der Waals surface area contributed by atoms with Crippen LogP contribution in [-0.4, -0.2) is 33.8 Å². The van der Waals surface area contributed by atoms with Crippen LogP contribution in [0.3, 0.4) is 0 Å². The number of aryl methyl sites for hydroxylation is 1. The summed E-state index contributed by atoms with van der Waals surface area (Å²) in [6.45, 7) is 2.35. The van der Waals surface area contributed by atoms with Crippen molar-refractivity contribution in [1.82, 2.24) is 15.2 Å². The van der Waals surface area contributed by atoms with Crippen LogP contribution in [0.2, 0.25) is 0 Å². The van der Waals surface area contributed by atoms with Crippen molar-refractivity contribution in [3.8, 4) is 0 Å². The van der Waals surface area contributed by atoms with E-state index in [2.05, 4.69) is 10.3 Å². The van der Waals surface area contributed by atoms with Crippen molar-refractivity contribution >= 4 is 11.8 Å². The van der Waals surface area contributed by atoms with E-state index in [1.807, 2.05) is 6.92 Å².